The monoisotopic (exact) mass is 303 g/mol. The molecule has 1 aromatic rings. The molecule has 0 aliphatic carbocycles. The second-order valence-corrected chi connectivity index (χ2v) is 4.45. The Balaban J connectivity index is 2.86. The Morgan fingerprint density at radius 2 is 2.00 bits per heavy atom. The number of aliphatic hydroxyl groups excluding tert-OH is 2. The van der Waals surface area contributed by atoms with Crippen molar-refractivity contribution in [1.82, 2.24) is 0 Å². The zero-order valence-electron chi connectivity index (χ0n) is 8.09. The summed E-state index contributed by atoms with van der Waals surface area (Å²) in [6.07, 6.45) is -0.586. The molecule has 0 spiro atoms. The predicted molar refractivity (Wildman–Crippen MR) is 64.5 cm³/mol. The van der Waals surface area contributed by atoms with Gasteiger partial charge in [0.1, 0.15) is 6.10 Å². The highest BCUT2D eigenvalue weighted by molar-refractivity contribution is 9.10. The molecule has 0 saturated heterocycles. The fourth-order valence-electron chi connectivity index (χ4n) is 1.11. The van der Waals surface area contributed by atoms with Crippen LogP contribution in [0.3, 0.4) is 0 Å². The van der Waals surface area contributed by atoms with Crippen LogP contribution in [0, 0.1) is 5.39 Å². The molecular formula is C10H9BrClN2O2+. The lowest BCUT2D eigenvalue weighted by molar-refractivity contribution is 0.148. The van der Waals surface area contributed by atoms with Crippen LogP contribution < -0.4 is 0 Å². The third-order valence-electron chi connectivity index (χ3n) is 1.96. The van der Waals surface area contributed by atoms with Crippen molar-refractivity contribution in [2.24, 2.45) is 0 Å². The van der Waals surface area contributed by atoms with Crippen LogP contribution in [-0.2, 0) is 0 Å². The van der Waals surface area contributed by atoms with Gasteiger partial charge in [0.25, 0.3) is 0 Å². The number of nitrogens with zero attached hydrogens (tertiary/aromatic N) is 2. The number of benzene rings is 1. The molecular weight excluding hydrogens is 295 g/mol. The van der Waals surface area contributed by atoms with E-state index in [-0.39, 0.29) is 0 Å². The van der Waals surface area contributed by atoms with Gasteiger partial charge in [0, 0.05) is 4.47 Å². The molecule has 16 heavy (non-hydrogen) atoms. The van der Waals surface area contributed by atoms with Crippen molar-refractivity contribution >= 4 is 27.5 Å². The minimum absolute atomic E-state index is 0.495. The Morgan fingerprint density at radius 1 is 1.44 bits per heavy atom. The highest BCUT2D eigenvalue weighted by Crippen LogP contribution is 2.28. The van der Waals surface area contributed by atoms with Crippen LogP contribution >= 0.6 is 27.5 Å². The number of alkyl halides is 1. The molecule has 0 radical (unpaired) electrons. The van der Waals surface area contributed by atoms with Crippen LogP contribution in [0.4, 0.5) is 0 Å². The molecule has 1 aromatic carbocycles. The van der Waals surface area contributed by atoms with E-state index in [9.17, 15) is 10.2 Å². The van der Waals surface area contributed by atoms with E-state index < -0.39 is 17.2 Å². The number of diazo groups is 1. The molecule has 0 aliphatic rings. The predicted octanol–water partition coefficient (Wildman–Crippen LogP) is 3.34. The molecule has 0 saturated carbocycles. The van der Waals surface area contributed by atoms with E-state index in [4.69, 9.17) is 17.0 Å². The van der Waals surface area contributed by atoms with Gasteiger partial charge in [-0.15, -0.1) is 11.6 Å². The summed E-state index contributed by atoms with van der Waals surface area (Å²) in [6, 6.07) is 6.98. The van der Waals surface area contributed by atoms with Gasteiger partial charge >= 0.3 is 6.20 Å². The van der Waals surface area contributed by atoms with Crippen molar-refractivity contribution in [3.8, 4) is 0 Å². The molecule has 0 amide bonds. The number of aliphatic hydroxyl groups is 2. The van der Waals surface area contributed by atoms with Crippen molar-refractivity contribution in [2.75, 3.05) is 0 Å². The summed E-state index contributed by atoms with van der Waals surface area (Å²) in [5.41, 5.74) is 0.648. The van der Waals surface area contributed by atoms with Gasteiger partial charge in [-0.05, 0) is 17.7 Å². The van der Waals surface area contributed by atoms with Gasteiger partial charge in [0.05, 0.1) is 5.38 Å². The van der Waals surface area contributed by atoms with Gasteiger partial charge in [0.15, 0.2) is 4.98 Å². The van der Waals surface area contributed by atoms with Crippen molar-refractivity contribution in [1.29, 1.82) is 5.39 Å². The first kappa shape index (κ1) is 13.0. The SMILES string of the molecule is N#[N+]/C=C(\O)[C@H](O)[C@@H](Cl)c1ccc(Br)cc1. The third kappa shape index (κ3) is 3.20. The van der Waals surface area contributed by atoms with E-state index in [1.54, 1.807) is 24.3 Å². The van der Waals surface area contributed by atoms with Gasteiger partial charge < -0.3 is 10.2 Å². The molecule has 2 atom stereocenters. The first-order valence-electron chi connectivity index (χ1n) is 4.37. The zero-order valence-corrected chi connectivity index (χ0v) is 10.4. The van der Waals surface area contributed by atoms with E-state index in [0.717, 1.165) is 10.7 Å². The summed E-state index contributed by atoms with van der Waals surface area (Å²) in [6.45, 7) is 0. The van der Waals surface area contributed by atoms with Crippen LogP contribution in [0.5, 0.6) is 0 Å². The van der Waals surface area contributed by atoms with Crippen molar-refractivity contribution in [3.63, 3.8) is 0 Å². The smallest absolute Gasteiger partial charge is 0.390 e. The minimum atomic E-state index is -1.32. The van der Waals surface area contributed by atoms with Crippen molar-refractivity contribution < 1.29 is 10.2 Å². The van der Waals surface area contributed by atoms with Crippen LogP contribution in [0.2, 0.25) is 0 Å². The molecule has 0 fully saturated rings. The van der Waals surface area contributed by atoms with E-state index in [0.29, 0.717) is 5.56 Å². The summed E-state index contributed by atoms with van der Waals surface area (Å²) >= 11 is 9.22. The highest BCUT2D eigenvalue weighted by Gasteiger charge is 2.24. The molecule has 0 aliphatic heterocycles. The lowest BCUT2D eigenvalue weighted by Gasteiger charge is -2.14. The summed E-state index contributed by atoms with van der Waals surface area (Å²) < 4.78 is 0.889. The number of hydrogen-bond donors (Lipinski definition) is 2. The van der Waals surface area contributed by atoms with E-state index in [1.165, 1.54) is 0 Å². The Kier molecular flexibility index (Phi) is 4.74. The maximum absolute atomic E-state index is 9.61. The van der Waals surface area contributed by atoms with Crippen LogP contribution in [0.1, 0.15) is 10.9 Å². The highest BCUT2D eigenvalue weighted by atomic mass is 79.9. The van der Waals surface area contributed by atoms with E-state index >= 15 is 0 Å². The van der Waals surface area contributed by atoms with E-state index in [2.05, 4.69) is 20.9 Å². The number of halogens is 2. The molecule has 4 nitrogen and oxygen atoms in total. The van der Waals surface area contributed by atoms with Gasteiger partial charge in [-0.3, -0.25) is 0 Å². The third-order valence-corrected chi connectivity index (χ3v) is 2.98. The van der Waals surface area contributed by atoms with Gasteiger partial charge in [0.2, 0.25) is 11.2 Å². The van der Waals surface area contributed by atoms with E-state index in [1.807, 2.05) is 0 Å². The van der Waals surface area contributed by atoms with Gasteiger partial charge in [-0.2, -0.15) is 0 Å². The molecule has 84 valence electrons. The van der Waals surface area contributed by atoms with Crippen LogP contribution in [-0.4, -0.2) is 16.3 Å². The Labute approximate surface area is 106 Å². The molecule has 1 rings (SSSR count). The van der Waals surface area contributed by atoms with Gasteiger partial charge in [-0.25, -0.2) is 0 Å². The van der Waals surface area contributed by atoms with Crippen LogP contribution in [0.15, 0.2) is 40.7 Å². The molecule has 2 N–H and O–H groups in total. The molecule has 0 bridgehead atoms. The lowest BCUT2D eigenvalue weighted by atomic mass is 10.1. The zero-order chi connectivity index (χ0) is 12.1. The molecule has 0 heterocycles. The Bertz CT molecular complexity index is 427. The fraction of sp³-hybridized carbons (Fsp3) is 0.200. The van der Waals surface area contributed by atoms with Crippen molar-refractivity contribution in [3.05, 3.63) is 51.2 Å². The molecule has 0 aromatic heterocycles. The summed E-state index contributed by atoms with van der Waals surface area (Å²) in [5.74, 6) is -0.495. The second kappa shape index (κ2) is 5.85. The summed E-state index contributed by atoms with van der Waals surface area (Å²) in [4.78, 5) is 2.61. The van der Waals surface area contributed by atoms with Crippen molar-refractivity contribution in [2.45, 2.75) is 11.5 Å². The largest absolute Gasteiger partial charge is 0.504 e. The first-order chi connectivity index (χ1) is 7.56. The van der Waals surface area contributed by atoms with Crippen LogP contribution in [0.25, 0.3) is 4.98 Å². The normalized spacial score (nSPS) is 15.2. The lowest BCUT2D eigenvalue weighted by Crippen LogP contribution is -2.16. The maximum Gasteiger partial charge on any atom is 0.390 e. The second-order valence-electron chi connectivity index (χ2n) is 3.07. The first-order valence-corrected chi connectivity index (χ1v) is 5.60. The summed E-state index contributed by atoms with van der Waals surface area (Å²) in [7, 11) is 0. The maximum atomic E-state index is 9.61. The summed E-state index contributed by atoms with van der Waals surface area (Å²) in [5, 5.41) is 26.3. The molecule has 0 unspecified atom stereocenters. The topological polar surface area (TPSA) is 68.6 Å². The Hall–Kier alpha value is -1.09. The minimum Gasteiger partial charge on any atom is -0.504 e. The average molecular weight is 305 g/mol. The van der Waals surface area contributed by atoms with Gasteiger partial charge in [-0.1, -0.05) is 28.1 Å². The number of rotatable bonds is 3. The molecule has 6 heteroatoms. The quantitative estimate of drug-likeness (QED) is 0.511. The Morgan fingerprint density at radius 3 is 2.50 bits per heavy atom. The number of hydrogen-bond acceptors (Lipinski definition) is 3. The standard InChI is InChI=1S/C10H8BrClN2O2/c11-7-3-1-6(2-4-7)9(12)10(16)8(15)5-14-13/h1-5,9-10,16H/p+1/b8-5-/t9-,10-/m0/s1. The average Bonchev–Trinajstić information content (AvgIpc) is 2.28. The fourth-order valence-corrected chi connectivity index (χ4v) is 1.65.